The van der Waals surface area contributed by atoms with Crippen LogP contribution in [0.3, 0.4) is 0 Å². The number of amides is 2. The highest BCUT2D eigenvalue weighted by atomic mass is 16.5. The molecule has 0 atom stereocenters. The topological polar surface area (TPSA) is 89.1 Å². The average Bonchev–Trinajstić information content (AvgIpc) is 2.91. The highest BCUT2D eigenvalue weighted by Crippen LogP contribution is 2.24. The molecule has 1 heterocycles. The molecule has 1 saturated heterocycles. The lowest BCUT2D eigenvalue weighted by Gasteiger charge is -2.27. The van der Waals surface area contributed by atoms with Crippen molar-refractivity contribution >= 4 is 23.2 Å². The highest BCUT2D eigenvalue weighted by molar-refractivity contribution is 5.96. The molecule has 0 radical (unpaired) electrons. The van der Waals surface area contributed by atoms with Crippen molar-refractivity contribution in [3.63, 3.8) is 0 Å². The van der Waals surface area contributed by atoms with Gasteiger partial charge in [-0.25, -0.2) is 0 Å². The van der Waals surface area contributed by atoms with Crippen LogP contribution in [0.15, 0.2) is 78.9 Å². The monoisotopic (exact) mass is 475 g/mol. The van der Waals surface area contributed by atoms with Crippen molar-refractivity contribution in [3.05, 3.63) is 84.4 Å². The lowest BCUT2D eigenvalue weighted by atomic mass is 10.1. The normalized spacial score (nSPS) is 13.1. The molecule has 2 amide bonds. The number of morpholine rings is 1. The second kappa shape index (κ2) is 12.4. The van der Waals surface area contributed by atoms with E-state index in [9.17, 15) is 9.59 Å². The lowest BCUT2D eigenvalue weighted by molar-refractivity contribution is -0.114. The fraction of sp³-hybridized carbons (Fsp3) is 0.259. The number of rotatable bonds is 10. The first-order valence-electron chi connectivity index (χ1n) is 11.6. The number of para-hydroxylation sites is 3. The van der Waals surface area contributed by atoms with E-state index in [0.29, 0.717) is 62.2 Å². The van der Waals surface area contributed by atoms with Gasteiger partial charge in [-0.2, -0.15) is 0 Å². The Morgan fingerprint density at radius 2 is 1.60 bits per heavy atom. The van der Waals surface area contributed by atoms with Gasteiger partial charge in [0.15, 0.2) is 0 Å². The largest absolute Gasteiger partial charge is 0.490 e. The summed E-state index contributed by atoms with van der Waals surface area (Å²) in [4.78, 5) is 27.0. The van der Waals surface area contributed by atoms with E-state index in [1.54, 1.807) is 35.2 Å². The summed E-state index contributed by atoms with van der Waals surface area (Å²) < 4.78 is 16.8. The Morgan fingerprint density at radius 1 is 0.857 bits per heavy atom. The van der Waals surface area contributed by atoms with E-state index in [4.69, 9.17) is 14.2 Å². The average molecular weight is 476 g/mol. The molecule has 35 heavy (non-hydrogen) atoms. The van der Waals surface area contributed by atoms with Gasteiger partial charge in [0.2, 0.25) is 5.91 Å². The lowest BCUT2D eigenvalue weighted by Crippen LogP contribution is -2.40. The van der Waals surface area contributed by atoms with Gasteiger partial charge in [0, 0.05) is 24.3 Å². The summed E-state index contributed by atoms with van der Waals surface area (Å²) in [5, 5.41) is 5.96. The number of benzene rings is 3. The maximum Gasteiger partial charge on any atom is 0.254 e. The number of hydrogen-bond acceptors (Lipinski definition) is 6. The number of carbonyl (C=O) groups is 2. The number of nitrogens with zero attached hydrogens (tertiary/aromatic N) is 1. The predicted molar refractivity (Wildman–Crippen MR) is 134 cm³/mol. The van der Waals surface area contributed by atoms with Gasteiger partial charge in [-0.05, 0) is 42.5 Å². The second-order valence-electron chi connectivity index (χ2n) is 7.89. The van der Waals surface area contributed by atoms with Crippen molar-refractivity contribution in [1.29, 1.82) is 0 Å². The minimum Gasteiger partial charge on any atom is -0.490 e. The molecule has 182 valence electrons. The second-order valence-corrected chi connectivity index (χ2v) is 7.89. The molecule has 0 aliphatic carbocycles. The van der Waals surface area contributed by atoms with Crippen molar-refractivity contribution in [1.82, 2.24) is 4.90 Å². The SMILES string of the molecule is O=C(CNc1cccc(C(=O)N2CCOCC2)c1)Nc1ccccc1OCCOc1ccccc1. The van der Waals surface area contributed by atoms with Crippen LogP contribution in [-0.2, 0) is 9.53 Å². The molecule has 1 aliphatic heterocycles. The van der Waals surface area contributed by atoms with Crippen molar-refractivity contribution in [2.24, 2.45) is 0 Å². The number of ether oxygens (including phenoxy) is 3. The smallest absolute Gasteiger partial charge is 0.254 e. The van der Waals surface area contributed by atoms with Gasteiger partial charge in [0.05, 0.1) is 25.4 Å². The fourth-order valence-corrected chi connectivity index (χ4v) is 3.61. The minimum absolute atomic E-state index is 0.0382. The molecule has 0 aromatic heterocycles. The molecule has 0 saturated carbocycles. The third-order valence-corrected chi connectivity index (χ3v) is 5.37. The van der Waals surface area contributed by atoms with Crippen LogP contribution in [0.2, 0.25) is 0 Å². The summed E-state index contributed by atoms with van der Waals surface area (Å²) in [7, 11) is 0. The molecule has 8 nitrogen and oxygen atoms in total. The number of hydrogen-bond donors (Lipinski definition) is 2. The van der Waals surface area contributed by atoms with Gasteiger partial charge >= 0.3 is 0 Å². The Labute approximate surface area is 204 Å². The molecule has 0 unspecified atom stereocenters. The van der Waals surface area contributed by atoms with Crippen LogP contribution in [0.4, 0.5) is 11.4 Å². The first-order valence-corrected chi connectivity index (χ1v) is 11.6. The molecule has 4 rings (SSSR count). The maximum atomic E-state index is 12.7. The van der Waals surface area contributed by atoms with Gasteiger partial charge in [0.1, 0.15) is 24.7 Å². The first kappa shape index (κ1) is 24.1. The Hall–Kier alpha value is -4.04. The van der Waals surface area contributed by atoms with Crippen molar-refractivity contribution < 1.29 is 23.8 Å². The van der Waals surface area contributed by atoms with Gasteiger partial charge in [-0.15, -0.1) is 0 Å². The summed E-state index contributed by atoms with van der Waals surface area (Å²) >= 11 is 0. The Balaban J connectivity index is 1.26. The van der Waals surface area contributed by atoms with Crippen molar-refractivity contribution in [2.45, 2.75) is 0 Å². The third kappa shape index (κ3) is 7.22. The van der Waals surface area contributed by atoms with Gasteiger partial charge in [-0.1, -0.05) is 36.4 Å². The maximum absolute atomic E-state index is 12.7. The van der Waals surface area contributed by atoms with Gasteiger partial charge in [-0.3, -0.25) is 9.59 Å². The predicted octanol–water partition coefficient (Wildman–Crippen LogP) is 3.67. The summed E-state index contributed by atoms with van der Waals surface area (Å²) in [5.41, 5.74) is 1.85. The molecule has 2 N–H and O–H groups in total. The Bertz CT molecular complexity index is 1120. The Kier molecular flexibility index (Phi) is 8.56. The van der Waals surface area contributed by atoms with E-state index in [1.807, 2.05) is 48.5 Å². The van der Waals surface area contributed by atoms with Crippen molar-refractivity contribution in [3.8, 4) is 11.5 Å². The van der Waals surface area contributed by atoms with Crippen LogP contribution in [-0.4, -0.2) is 62.8 Å². The Morgan fingerprint density at radius 3 is 2.43 bits per heavy atom. The molecular weight excluding hydrogens is 446 g/mol. The summed E-state index contributed by atoms with van der Waals surface area (Å²) in [6.07, 6.45) is 0. The van der Waals surface area contributed by atoms with E-state index in [-0.39, 0.29) is 18.4 Å². The standard InChI is InChI=1S/C27H29N3O5/c31-26(20-28-22-8-6-7-21(19-22)27(32)30-13-15-33-16-14-30)29-24-11-4-5-12-25(24)35-18-17-34-23-9-2-1-3-10-23/h1-12,19,28H,13-18,20H2,(H,29,31). The molecule has 3 aromatic carbocycles. The zero-order valence-corrected chi connectivity index (χ0v) is 19.4. The summed E-state index contributed by atoms with van der Waals surface area (Å²) in [6, 6.07) is 23.9. The fourth-order valence-electron chi connectivity index (χ4n) is 3.61. The zero-order valence-electron chi connectivity index (χ0n) is 19.4. The van der Waals surface area contributed by atoms with E-state index < -0.39 is 0 Å². The number of carbonyl (C=O) groups excluding carboxylic acids is 2. The van der Waals surface area contributed by atoms with Crippen LogP contribution in [0.25, 0.3) is 0 Å². The van der Waals surface area contributed by atoms with E-state index >= 15 is 0 Å². The molecule has 1 fully saturated rings. The number of anilines is 2. The molecular formula is C27H29N3O5. The minimum atomic E-state index is -0.230. The van der Waals surface area contributed by atoms with Crippen LogP contribution in [0.1, 0.15) is 10.4 Å². The molecule has 1 aliphatic rings. The van der Waals surface area contributed by atoms with Crippen LogP contribution < -0.4 is 20.1 Å². The summed E-state index contributed by atoms with van der Waals surface area (Å²) in [5.74, 6) is 1.07. The van der Waals surface area contributed by atoms with Crippen LogP contribution >= 0.6 is 0 Å². The van der Waals surface area contributed by atoms with Crippen LogP contribution in [0, 0.1) is 0 Å². The zero-order chi connectivity index (χ0) is 24.3. The number of nitrogens with one attached hydrogen (secondary N) is 2. The quantitative estimate of drug-likeness (QED) is 0.435. The first-order chi connectivity index (χ1) is 17.2. The highest BCUT2D eigenvalue weighted by Gasteiger charge is 2.18. The van der Waals surface area contributed by atoms with E-state index in [1.165, 1.54) is 0 Å². The molecule has 0 bridgehead atoms. The van der Waals surface area contributed by atoms with Crippen molar-refractivity contribution in [2.75, 3.05) is 56.7 Å². The molecule has 3 aromatic rings. The third-order valence-electron chi connectivity index (χ3n) is 5.37. The van der Waals surface area contributed by atoms with Gasteiger partial charge < -0.3 is 29.7 Å². The summed E-state index contributed by atoms with van der Waals surface area (Å²) in [6.45, 7) is 3.03. The molecule has 0 spiro atoms. The van der Waals surface area contributed by atoms with E-state index in [2.05, 4.69) is 10.6 Å². The van der Waals surface area contributed by atoms with Crippen LogP contribution in [0.5, 0.6) is 11.5 Å². The van der Waals surface area contributed by atoms with E-state index in [0.717, 1.165) is 5.75 Å². The van der Waals surface area contributed by atoms with Gasteiger partial charge in [0.25, 0.3) is 5.91 Å². The molecule has 8 heteroatoms.